The Labute approximate surface area is 95.3 Å². The summed E-state index contributed by atoms with van der Waals surface area (Å²) in [7, 11) is 0. The van der Waals surface area contributed by atoms with Crippen molar-refractivity contribution >= 4 is 0 Å². The van der Waals surface area contributed by atoms with Crippen molar-refractivity contribution in [1.29, 1.82) is 0 Å². The van der Waals surface area contributed by atoms with Gasteiger partial charge >= 0.3 is 5.69 Å². The fraction of sp³-hybridized carbons (Fsp3) is 0.600. The Balaban J connectivity index is 2.34. The molecule has 0 radical (unpaired) electrons. The molecule has 94 valence electrons. The first-order valence-electron chi connectivity index (χ1n) is 5.32. The molecule has 7 heteroatoms. The number of rotatable bonds is 2. The second kappa shape index (κ2) is 4.42. The van der Waals surface area contributed by atoms with Gasteiger partial charge in [-0.2, -0.15) is 4.39 Å². The van der Waals surface area contributed by atoms with E-state index in [0.29, 0.717) is 6.42 Å². The van der Waals surface area contributed by atoms with E-state index in [4.69, 9.17) is 5.11 Å². The summed E-state index contributed by atoms with van der Waals surface area (Å²) in [5.41, 5.74) is -1.75. The fourth-order valence-corrected chi connectivity index (χ4v) is 2.23. The average molecular weight is 244 g/mol. The second-order valence-corrected chi connectivity index (χ2v) is 4.28. The second-order valence-electron chi connectivity index (χ2n) is 4.28. The van der Waals surface area contributed by atoms with Crippen LogP contribution in [0.4, 0.5) is 4.39 Å². The maximum Gasteiger partial charge on any atom is 0.328 e. The largest absolute Gasteiger partial charge is 0.396 e. The zero-order valence-electron chi connectivity index (χ0n) is 8.97. The van der Waals surface area contributed by atoms with Gasteiger partial charge in [0.05, 0.1) is 12.3 Å². The number of halogens is 1. The molecule has 17 heavy (non-hydrogen) atoms. The molecular weight excluding hydrogens is 231 g/mol. The van der Waals surface area contributed by atoms with Crippen LogP contribution in [0.1, 0.15) is 18.9 Å². The third-order valence-electron chi connectivity index (χ3n) is 3.18. The van der Waals surface area contributed by atoms with Crippen molar-refractivity contribution in [3.63, 3.8) is 0 Å². The Morgan fingerprint density at radius 1 is 1.47 bits per heavy atom. The number of aliphatic hydroxyl groups excluding tert-OH is 2. The first-order valence-corrected chi connectivity index (χ1v) is 5.32. The van der Waals surface area contributed by atoms with Crippen molar-refractivity contribution in [2.45, 2.75) is 25.0 Å². The monoisotopic (exact) mass is 244 g/mol. The SMILES string of the molecule is O=c1[nH]c(=O)n([C@@H]2C[C@H](CO)[C@H](O)C2)cc1F. The first kappa shape index (κ1) is 12.0. The molecule has 1 aromatic heterocycles. The van der Waals surface area contributed by atoms with Gasteiger partial charge in [-0.1, -0.05) is 0 Å². The van der Waals surface area contributed by atoms with Gasteiger partial charge in [0.25, 0.3) is 5.56 Å². The first-order chi connectivity index (χ1) is 8.02. The smallest absolute Gasteiger partial charge is 0.328 e. The van der Waals surface area contributed by atoms with Crippen LogP contribution >= 0.6 is 0 Å². The molecule has 0 saturated heterocycles. The maximum absolute atomic E-state index is 13.1. The minimum atomic E-state index is -1.05. The molecule has 0 bridgehead atoms. The molecule has 0 unspecified atom stereocenters. The summed E-state index contributed by atoms with van der Waals surface area (Å²) in [5.74, 6) is -1.35. The van der Waals surface area contributed by atoms with Crippen LogP contribution in [0.15, 0.2) is 15.8 Å². The van der Waals surface area contributed by atoms with E-state index in [1.807, 2.05) is 4.98 Å². The van der Waals surface area contributed by atoms with E-state index in [1.54, 1.807) is 0 Å². The minimum absolute atomic E-state index is 0.182. The number of nitrogens with one attached hydrogen (secondary N) is 1. The molecule has 1 heterocycles. The Kier molecular flexibility index (Phi) is 3.12. The van der Waals surface area contributed by atoms with Gasteiger partial charge in [0.1, 0.15) is 0 Å². The molecule has 1 fully saturated rings. The average Bonchev–Trinajstić information content (AvgIpc) is 2.65. The van der Waals surface area contributed by atoms with E-state index in [9.17, 15) is 19.1 Å². The lowest BCUT2D eigenvalue weighted by Crippen LogP contribution is -2.33. The highest BCUT2D eigenvalue weighted by Crippen LogP contribution is 2.33. The van der Waals surface area contributed by atoms with E-state index in [0.717, 1.165) is 10.8 Å². The van der Waals surface area contributed by atoms with Crippen LogP contribution in [0.25, 0.3) is 0 Å². The third-order valence-corrected chi connectivity index (χ3v) is 3.18. The van der Waals surface area contributed by atoms with Gasteiger partial charge in [0.2, 0.25) is 5.82 Å². The minimum Gasteiger partial charge on any atom is -0.396 e. The normalized spacial score (nSPS) is 28.5. The van der Waals surface area contributed by atoms with Crippen LogP contribution in [0, 0.1) is 11.7 Å². The van der Waals surface area contributed by atoms with E-state index in [1.165, 1.54) is 0 Å². The Bertz CT molecular complexity index is 524. The molecule has 0 aliphatic heterocycles. The van der Waals surface area contributed by atoms with Crippen LogP contribution in [0.2, 0.25) is 0 Å². The Hall–Kier alpha value is -1.47. The molecule has 0 amide bonds. The summed E-state index contributed by atoms with van der Waals surface area (Å²) in [6, 6.07) is -0.402. The summed E-state index contributed by atoms with van der Waals surface area (Å²) >= 11 is 0. The van der Waals surface area contributed by atoms with E-state index in [-0.39, 0.29) is 18.9 Å². The number of aromatic nitrogens is 2. The molecule has 2 rings (SSSR count). The predicted molar refractivity (Wildman–Crippen MR) is 56.1 cm³/mol. The van der Waals surface area contributed by atoms with Crippen molar-refractivity contribution in [1.82, 2.24) is 9.55 Å². The number of aromatic amines is 1. The van der Waals surface area contributed by atoms with Crippen molar-refractivity contribution in [2.75, 3.05) is 6.61 Å². The van der Waals surface area contributed by atoms with Crippen molar-refractivity contribution in [3.8, 4) is 0 Å². The van der Waals surface area contributed by atoms with Gasteiger partial charge < -0.3 is 10.2 Å². The number of nitrogens with zero attached hydrogens (tertiary/aromatic N) is 1. The molecule has 1 aromatic rings. The third kappa shape index (κ3) is 2.16. The van der Waals surface area contributed by atoms with Gasteiger partial charge in [-0.25, -0.2) is 4.79 Å². The van der Waals surface area contributed by atoms with Gasteiger partial charge in [0.15, 0.2) is 0 Å². The van der Waals surface area contributed by atoms with E-state index >= 15 is 0 Å². The van der Waals surface area contributed by atoms with Crippen LogP contribution in [-0.4, -0.2) is 32.5 Å². The molecule has 3 atom stereocenters. The lowest BCUT2D eigenvalue weighted by Gasteiger charge is -2.12. The molecule has 1 aliphatic carbocycles. The summed E-state index contributed by atoms with van der Waals surface area (Å²) in [4.78, 5) is 24.2. The molecule has 0 spiro atoms. The predicted octanol–water partition coefficient (Wildman–Crippen LogP) is -1.02. The van der Waals surface area contributed by atoms with Crippen LogP contribution in [-0.2, 0) is 0 Å². The topological polar surface area (TPSA) is 95.3 Å². The Morgan fingerprint density at radius 2 is 2.18 bits per heavy atom. The quantitative estimate of drug-likeness (QED) is 0.620. The van der Waals surface area contributed by atoms with E-state index in [2.05, 4.69) is 0 Å². The van der Waals surface area contributed by atoms with Gasteiger partial charge in [-0.05, 0) is 12.8 Å². The standard InChI is InChI=1S/C10H13FN2O4/c11-7-3-13(10(17)12-9(7)16)6-1-5(4-14)8(15)2-6/h3,5-6,8,14-15H,1-2,4H2,(H,12,16,17)/t5-,6-,8-/m1/s1. The van der Waals surface area contributed by atoms with Gasteiger partial charge in [-0.3, -0.25) is 14.3 Å². The highest BCUT2D eigenvalue weighted by Gasteiger charge is 2.34. The number of H-pyrrole nitrogens is 1. The summed E-state index contributed by atoms with van der Waals surface area (Å²) in [5, 5.41) is 18.6. The van der Waals surface area contributed by atoms with E-state index < -0.39 is 29.2 Å². The Morgan fingerprint density at radius 3 is 2.76 bits per heavy atom. The van der Waals surface area contributed by atoms with Crippen molar-refractivity contribution < 1.29 is 14.6 Å². The van der Waals surface area contributed by atoms with Gasteiger partial charge in [0, 0.05) is 18.6 Å². The van der Waals surface area contributed by atoms with Crippen LogP contribution < -0.4 is 11.2 Å². The molecule has 6 nitrogen and oxygen atoms in total. The van der Waals surface area contributed by atoms with Gasteiger partial charge in [-0.15, -0.1) is 0 Å². The molecule has 3 N–H and O–H groups in total. The fourth-order valence-electron chi connectivity index (χ4n) is 2.23. The lowest BCUT2D eigenvalue weighted by molar-refractivity contribution is 0.0906. The van der Waals surface area contributed by atoms with Crippen LogP contribution in [0.3, 0.4) is 0 Å². The zero-order chi connectivity index (χ0) is 12.6. The summed E-state index contributed by atoms with van der Waals surface area (Å²) in [6.45, 7) is -0.182. The number of aliphatic hydroxyl groups is 2. The number of hydrogen-bond donors (Lipinski definition) is 3. The molecule has 1 saturated carbocycles. The maximum atomic E-state index is 13.1. The lowest BCUT2D eigenvalue weighted by atomic mass is 10.1. The zero-order valence-corrected chi connectivity index (χ0v) is 8.97. The molecule has 0 aromatic carbocycles. The highest BCUT2D eigenvalue weighted by atomic mass is 19.1. The molecule has 1 aliphatic rings. The van der Waals surface area contributed by atoms with Crippen LogP contribution in [0.5, 0.6) is 0 Å². The summed E-state index contributed by atoms with van der Waals surface area (Å²) in [6.07, 6.45) is 0.768. The summed E-state index contributed by atoms with van der Waals surface area (Å²) < 4.78 is 14.1. The highest BCUT2D eigenvalue weighted by molar-refractivity contribution is 4.94. The van der Waals surface area contributed by atoms with Crippen molar-refractivity contribution in [2.24, 2.45) is 5.92 Å². The van der Waals surface area contributed by atoms with Crippen molar-refractivity contribution in [3.05, 3.63) is 32.9 Å². The number of hydrogen-bond acceptors (Lipinski definition) is 4. The molecular formula is C10H13FN2O4.